The Morgan fingerprint density at radius 2 is 1.55 bits per heavy atom. The molecule has 2 bridgehead atoms. The second-order valence-electron chi connectivity index (χ2n) is 3.47. The van der Waals surface area contributed by atoms with Crippen LogP contribution in [-0.4, -0.2) is 54.1 Å². The summed E-state index contributed by atoms with van der Waals surface area (Å²) in [5, 5.41) is 0. The van der Waals surface area contributed by atoms with Crippen molar-refractivity contribution in [3.8, 4) is 0 Å². The van der Waals surface area contributed by atoms with Crippen molar-refractivity contribution in [2.75, 3.05) is 44.7 Å². The van der Waals surface area contributed by atoms with Crippen LogP contribution in [0, 0.1) is 0 Å². The number of piperazine rings is 3. The summed E-state index contributed by atoms with van der Waals surface area (Å²) >= 11 is 3.61. The van der Waals surface area contributed by atoms with Crippen LogP contribution in [0.5, 0.6) is 0 Å². The molecule has 3 fully saturated rings. The molecule has 0 aliphatic carbocycles. The van der Waals surface area contributed by atoms with Crippen LogP contribution in [0.4, 0.5) is 0 Å². The van der Waals surface area contributed by atoms with Gasteiger partial charge in [0.05, 0.1) is 19.6 Å². The van der Waals surface area contributed by atoms with E-state index < -0.39 is 0 Å². The third-order valence-corrected chi connectivity index (χ3v) is 3.99. The summed E-state index contributed by atoms with van der Waals surface area (Å²) in [6.07, 6.45) is 0. The fraction of sp³-hybridized carbons (Fsp3) is 1.00. The van der Waals surface area contributed by atoms with Crippen LogP contribution in [0.25, 0.3) is 0 Å². The smallest absolute Gasteiger partial charge is 0.134 e. The van der Waals surface area contributed by atoms with Crippen molar-refractivity contribution in [3.05, 3.63) is 0 Å². The van der Waals surface area contributed by atoms with E-state index in [9.17, 15) is 0 Å². The van der Waals surface area contributed by atoms with Gasteiger partial charge in [-0.25, -0.2) is 0 Å². The lowest BCUT2D eigenvalue weighted by atomic mass is 10.2. The molecular weight excluding hydrogens is 272 g/mol. The lowest BCUT2D eigenvalue weighted by Crippen LogP contribution is -3.00. The van der Waals surface area contributed by atoms with Gasteiger partial charge in [0.25, 0.3) is 0 Å². The standard InChI is InChI=1S/C7H14BrN2.BrH/c8-7-10-4-1-9(2-5-10)3-6-10;/h1-7H2;1H/q+1;/p-1. The highest BCUT2D eigenvalue weighted by Crippen LogP contribution is 2.20. The van der Waals surface area contributed by atoms with Gasteiger partial charge in [0.1, 0.15) is 5.45 Å². The first-order valence-electron chi connectivity index (χ1n) is 3.98. The van der Waals surface area contributed by atoms with Gasteiger partial charge in [-0.15, -0.1) is 0 Å². The minimum absolute atomic E-state index is 0. The molecule has 0 N–H and O–H groups in total. The third-order valence-electron chi connectivity index (χ3n) is 2.93. The zero-order valence-electron chi connectivity index (χ0n) is 6.60. The fourth-order valence-corrected chi connectivity index (χ4v) is 2.66. The summed E-state index contributed by atoms with van der Waals surface area (Å²) in [6.45, 7) is 8.07. The summed E-state index contributed by atoms with van der Waals surface area (Å²) in [4.78, 5) is 2.57. The molecule has 0 atom stereocenters. The molecule has 4 heteroatoms. The molecule has 11 heavy (non-hydrogen) atoms. The molecule has 66 valence electrons. The number of halogens is 2. The van der Waals surface area contributed by atoms with E-state index in [-0.39, 0.29) is 17.0 Å². The van der Waals surface area contributed by atoms with E-state index in [1.54, 1.807) is 0 Å². The first-order chi connectivity index (χ1) is 4.85. The Morgan fingerprint density at radius 1 is 1.09 bits per heavy atom. The van der Waals surface area contributed by atoms with Crippen LogP contribution in [0.15, 0.2) is 0 Å². The minimum Gasteiger partial charge on any atom is -1.00 e. The Labute approximate surface area is 87.0 Å². The molecule has 0 unspecified atom stereocenters. The number of hydrogen-bond acceptors (Lipinski definition) is 1. The summed E-state index contributed by atoms with van der Waals surface area (Å²) in [6, 6.07) is 0. The monoisotopic (exact) mass is 284 g/mol. The zero-order chi connectivity index (χ0) is 7.03. The van der Waals surface area contributed by atoms with Crippen molar-refractivity contribution < 1.29 is 21.5 Å². The molecule has 2 nitrogen and oxygen atoms in total. The molecule has 3 aliphatic rings. The number of quaternary nitrogens is 1. The van der Waals surface area contributed by atoms with Crippen molar-refractivity contribution >= 4 is 15.9 Å². The van der Waals surface area contributed by atoms with Crippen molar-refractivity contribution in [1.82, 2.24) is 4.90 Å². The Hall–Kier alpha value is 0.880. The third kappa shape index (κ3) is 1.79. The predicted molar refractivity (Wildman–Crippen MR) is 45.1 cm³/mol. The molecule has 0 aromatic heterocycles. The zero-order valence-corrected chi connectivity index (χ0v) is 9.77. The highest BCUT2D eigenvalue weighted by molar-refractivity contribution is 9.09. The van der Waals surface area contributed by atoms with Crippen LogP contribution in [0.3, 0.4) is 0 Å². The number of alkyl halides is 1. The van der Waals surface area contributed by atoms with Crippen LogP contribution < -0.4 is 17.0 Å². The van der Waals surface area contributed by atoms with Crippen molar-refractivity contribution in [1.29, 1.82) is 0 Å². The maximum atomic E-state index is 3.61. The van der Waals surface area contributed by atoms with E-state index in [0.29, 0.717) is 0 Å². The van der Waals surface area contributed by atoms with E-state index in [1.165, 1.54) is 49.2 Å². The van der Waals surface area contributed by atoms with Gasteiger partial charge in [-0.1, -0.05) is 0 Å². The van der Waals surface area contributed by atoms with Gasteiger partial charge in [0, 0.05) is 19.6 Å². The molecular formula is C7H14Br2N2. The van der Waals surface area contributed by atoms with Gasteiger partial charge >= 0.3 is 0 Å². The molecule has 3 heterocycles. The highest BCUT2D eigenvalue weighted by Gasteiger charge is 2.36. The second-order valence-corrected chi connectivity index (χ2v) is 3.98. The molecule has 3 aliphatic heterocycles. The van der Waals surface area contributed by atoms with Crippen molar-refractivity contribution in [2.24, 2.45) is 0 Å². The summed E-state index contributed by atoms with van der Waals surface area (Å²) < 4.78 is 1.33. The fourth-order valence-electron chi connectivity index (χ4n) is 1.91. The Kier molecular flexibility index (Phi) is 3.38. The SMILES string of the molecule is BrC[N+]12CCN(CC1)CC2.[Br-]. The number of fused-ring (bicyclic) bond motifs is 3. The lowest BCUT2D eigenvalue weighted by molar-refractivity contribution is -0.928. The molecule has 0 aromatic rings. The molecule has 0 saturated carbocycles. The average Bonchev–Trinajstić information content (AvgIpc) is 2.08. The molecule has 0 radical (unpaired) electrons. The van der Waals surface area contributed by atoms with Gasteiger partial charge in [-0.05, 0) is 15.9 Å². The first kappa shape index (κ1) is 9.96. The van der Waals surface area contributed by atoms with Gasteiger partial charge in [-0.2, -0.15) is 0 Å². The van der Waals surface area contributed by atoms with E-state index in [2.05, 4.69) is 20.8 Å². The number of nitrogens with zero attached hydrogens (tertiary/aromatic N) is 2. The van der Waals surface area contributed by atoms with E-state index in [0.717, 1.165) is 0 Å². The van der Waals surface area contributed by atoms with E-state index in [4.69, 9.17) is 0 Å². The van der Waals surface area contributed by atoms with Crippen LogP contribution in [0.1, 0.15) is 0 Å². The van der Waals surface area contributed by atoms with Gasteiger partial charge < -0.3 is 21.5 Å². The summed E-state index contributed by atoms with van der Waals surface area (Å²) in [5.74, 6) is 0. The Balaban J connectivity index is 0.000000605. The average molecular weight is 286 g/mol. The van der Waals surface area contributed by atoms with Crippen LogP contribution in [0.2, 0.25) is 0 Å². The number of hydrogen-bond donors (Lipinski definition) is 0. The molecule has 0 amide bonds. The predicted octanol–water partition coefficient (Wildman–Crippen LogP) is -2.51. The van der Waals surface area contributed by atoms with Crippen LogP contribution in [-0.2, 0) is 0 Å². The molecule has 0 spiro atoms. The maximum Gasteiger partial charge on any atom is 0.134 e. The number of rotatable bonds is 1. The molecule has 0 aromatic carbocycles. The normalized spacial score (nSPS) is 41.7. The maximum absolute atomic E-state index is 3.61. The van der Waals surface area contributed by atoms with Crippen LogP contribution >= 0.6 is 15.9 Å². The topological polar surface area (TPSA) is 3.24 Å². The van der Waals surface area contributed by atoms with Gasteiger partial charge in [0.2, 0.25) is 0 Å². The highest BCUT2D eigenvalue weighted by atomic mass is 79.9. The van der Waals surface area contributed by atoms with Gasteiger partial charge in [-0.3, -0.25) is 4.90 Å². The Bertz CT molecular complexity index is 119. The van der Waals surface area contributed by atoms with Crippen molar-refractivity contribution in [3.63, 3.8) is 0 Å². The summed E-state index contributed by atoms with van der Waals surface area (Å²) in [5.41, 5.74) is 1.17. The largest absolute Gasteiger partial charge is 1.00 e. The van der Waals surface area contributed by atoms with Crippen molar-refractivity contribution in [2.45, 2.75) is 0 Å². The molecule has 3 saturated heterocycles. The second kappa shape index (κ2) is 3.73. The van der Waals surface area contributed by atoms with E-state index in [1.807, 2.05) is 0 Å². The van der Waals surface area contributed by atoms with E-state index >= 15 is 0 Å². The lowest BCUT2D eigenvalue weighted by Gasteiger charge is -2.49. The quantitative estimate of drug-likeness (QED) is 0.292. The van der Waals surface area contributed by atoms with Gasteiger partial charge in [0.15, 0.2) is 0 Å². The summed E-state index contributed by atoms with van der Waals surface area (Å²) in [7, 11) is 0. The first-order valence-corrected chi connectivity index (χ1v) is 5.10. The Morgan fingerprint density at radius 3 is 1.82 bits per heavy atom. The minimum atomic E-state index is 0. The molecule has 3 rings (SSSR count).